The summed E-state index contributed by atoms with van der Waals surface area (Å²) >= 11 is 5.99. The van der Waals surface area contributed by atoms with Crippen LogP contribution in [-0.4, -0.2) is 25.7 Å². The largest absolute Gasteiger partial charge is 0.369 e. The summed E-state index contributed by atoms with van der Waals surface area (Å²) in [6.45, 7) is 5.43. The number of benzene rings is 1. The maximum absolute atomic E-state index is 5.99. The minimum Gasteiger partial charge on any atom is -0.369 e. The minimum absolute atomic E-state index is 0.609. The van der Waals surface area contributed by atoms with Gasteiger partial charge in [-0.1, -0.05) is 24.6 Å². The lowest BCUT2D eigenvalue weighted by Crippen LogP contribution is -2.50. The standard InChI is InChI=1S/C12H17ClN2/c1-2-11-9-15(7-6-14-11)12-5-3-4-10(13)8-12/h3-5,8,11,14H,2,6-7,9H2,1H3. The fraction of sp³-hybridized carbons (Fsp3) is 0.500. The second kappa shape index (κ2) is 4.86. The summed E-state index contributed by atoms with van der Waals surface area (Å²) in [7, 11) is 0. The Bertz CT molecular complexity index is 327. The van der Waals surface area contributed by atoms with E-state index in [1.54, 1.807) is 0 Å². The molecule has 0 spiro atoms. The maximum atomic E-state index is 5.99. The molecule has 1 atom stereocenters. The first-order valence-electron chi connectivity index (χ1n) is 5.53. The van der Waals surface area contributed by atoms with Crippen LogP contribution in [0.5, 0.6) is 0 Å². The third-order valence-electron chi connectivity index (χ3n) is 2.92. The summed E-state index contributed by atoms with van der Waals surface area (Å²) in [5, 5.41) is 4.33. The van der Waals surface area contributed by atoms with Gasteiger partial charge in [0.15, 0.2) is 0 Å². The number of nitrogens with zero attached hydrogens (tertiary/aromatic N) is 1. The van der Waals surface area contributed by atoms with Crippen molar-refractivity contribution in [3.8, 4) is 0 Å². The number of halogens is 1. The Morgan fingerprint density at radius 3 is 3.13 bits per heavy atom. The summed E-state index contributed by atoms with van der Waals surface area (Å²) in [6.07, 6.45) is 1.18. The fourth-order valence-corrected chi connectivity index (χ4v) is 2.19. The van der Waals surface area contributed by atoms with Gasteiger partial charge in [-0.3, -0.25) is 0 Å². The first kappa shape index (κ1) is 10.8. The van der Waals surface area contributed by atoms with Gasteiger partial charge in [-0.15, -0.1) is 0 Å². The van der Waals surface area contributed by atoms with Gasteiger partial charge in [-0.05, 0) is 24.6 Å². The van der Waals surface area contributed by atoms with Gasteiger partial charge < -0.3 is 10.2 Å². The first-order chi connectivity index (χ1) is 7.29. The second-order valence-corrected chi connectivity index (χ2v) is 4.42. The normalized spacial score (nSPS) is 21.7. The molecule has 0 amide bonds. The van der Waals surface area contributed by atoms with Crippen LogP contribution in [0.4, 0.5) is 5.69 Å². The smallest absolute Gasteiger partial charge is 0.0426 e. The molecule has 0 saturated carbocycles. The van der Waals surface area contributed by atoms with Crippen molar-refractivity contribution in [2.45, 2.75) is 19.4 Å². The molecule has 2 nitrogen and oxygen atoms in total. The number of hydrogen-bond donors (Lipinski definition) is 1. The molecule has 1 N–H and O–H groups in total. The molecule has 1 saturated heterocycles. The van der Waals surface area contributed by atoms with E-state index in [1.807, 2.05) is 18.2 Å². The highest BCUT2D eigenvalue weighted by Crippen LogP contribution is 2.20. The van der Waals surface area contributed by atoms with Crippen LogP contribution < -0.4 is 10.2 Å². The summed E-state index contributed by atoms with van der Waals surface area (Å²) in [6, 6.07) is 8.71. The van der Waals surface area contributed by atoms with Gasteiger partial charge in [0.25, 0.3) is 0 Å². The third-order valence-corrected chi connectivity index (χ3v) is 3.16. The number of piperazine rings is 1. The van der Waals surface area contributed by atoms with Crippen molar-refractivity contribution in [3.05, 3.63) is 29.3 Å². The van der Waals surface area contributed by atoms with E-state index in [2.05, 4.69) is 23.2 Å². The van der Waals surface area contributed by atoms with E-state index < -0.39 is 0 Å². The zero-order chi connectivity index (χ0) is 10.7. The molecule has 0 aromatic heterocycles. The molecule has 1 aromatic rings. The first-order valence-corrected chi connectivity index (χ1v) is 5.91. The van der Waals surface area contributed by atoms with Crippen molar-refractivity contribution in [1.29, 1.82) is 0 Å². The van der Waals surface area contributed by atoms with Gasteiger partial charge in [-0.2, -0.15) is 0 Å². The molecule has 1 unspecified atom stereocenters. The highest BCUT2D eigenvalue weighted by atomic mass is 35.5. The van der Waals surface area contributed by atoms with Crippen LogP contribution in [0.3, 0.4) is 0 Å². The molecule has 0 bridgehead atoms. The number of anilines is 1. The van der Waals surface area contributed by atoms with Crippen LogP contribution in [0.1, 0.15) is 13.3 Å². The van der Waals surface area contributed by atoms with Crippen molar-refractivity contribution in [3.63, 3.8) is 0 Å². The Morgan fingerprint density at radius 2 is 2.40 bits per heavy atom. The average Bonchev–Trinajstić information content (AvgIpc) is 2.29. The molecule has 0 aliphatic carbocycles. The van der Waals surface area contributed by atoms with Gasteiger partial charge in [0.1, 0.15) is 0 Å². The SMILES string of the molecule is CCC1CN(c2cccc(Cl)c2)CCN1. The number of rotatable bonds is 2. The third kappa shape index (κ3) is 2.64. The van der Waals surface area contributed by atoms with Crippen molar-refractivity contribution in [2.75, 3.05) is 24.5 Å². The molecular weight excluding hydrogens is 208 g/mol. The van der Waals surface area contributed by atoms with Crippen molar-refractivity contribution in [2.24, 2.45) is 0 Å². The van der Waals surface area contributed by atoms with E-state index in [4.69, 9.17) is 11.6 Å². The lowest BCUT2D eigenvalue weighted by molar-refractivity contribution is 0.447. The molecular formula is C12H17ClN2. The molecule has 0 radical (unpaired) electrons. The van der Waals surface area contributed by atoms with E-state index in [0.717, 1.165) is 24.7 Å². The molecule has 1 fully saturated rings. The van der Waals surface area contributed by atoms with Crippen LogP contribution in [0.25, 0.3) is 0 Å². The predicted octanol–water partition coefficient (Wildman–Crippen LogP) is 2.53. The van der Waals surface area contributed by atoms with Crippen LogP contribution in [0, 0.1) is 0 Å². The van der Waals surface area contributed by atoms with Gasteiger partial charge in [0, 0.05) is 36.4 Å². The Hall–Kier alpha value is -0.730. The van der Waals surface area contributed by atoms with Gasteiger partial charge >= 0.3 is 0 Å². The lowest BCUT2D eigenvalue weighted by atomic mass is 10.1. The zero-order valence-electron chi connectivity index (χ0n) is 9.04. The highest BCUT2D eigenvalue weighted by molar-refractivity contribution is 6.30. The van der Waals surface area contributed by atoms with Crippen LogP contribution in [-0.2, 0) is 0 Å². The summed E-state index contributed by atoms with van der Waals surface area (Å²) in [5.74, 6) is 0. The molecule has 3 heteroatoms. The van der Waals surface area contributed by atoms with E-state index in [1.165, 1.54) is 12.1 Å². The zero-order valence-corrected chi connectivity index (χ0v) is 9.80. The van der Waals surface area contributed by atoms with Crippen molar-refractivity contribution >= 4 is 17.3 Å². The van der Waals surface area contributed by atoms with Gasteiger partial charge in [0.05, 0.1) is 0 Å². The molecule has 1 aromatic carbocycles. The molecule has 82 valence electrons. The van der Waals surface area contributed by atoms with E-state index in [-0.39, 0.29) is 0 Å². The molecule has 1 aliphatic heterocycles. The number of hydrogen-bond acceptors (Lipinski definition) is 2. The maximum Gasteiger partial charge on any atom is 0.0426 e. The molecule has 2 rings (SSSR count). The van der Waals surface area contributed by atoms with Crippen LogP contribution >= 0.6 is 11.6 Å². The molecule has 1 heterocycles. The topological polar surface area (TPSA) is 15.3 Å². The summed E-state index contributed by atoms with van der Waals surface area (Å²) < 4.78 is 0. The van der Waals surface area contributed by atoms with Crippen molar-refractivity contribution in [1.82, 2.24) is 5.32 Å². The van der Waals surface area contributed by atoms with Crippen LogP contribution in [0.2, 0.25) is 5.02 Å². The van der Waals surface area contributed by atoms with Gasteiger partial charge in [-0.25, -0.2) is 0 Å². The van der Waals surface area contributed by atoms with E-state index in [0.29, 0.717) is 6.04 Å². The minimum atomic E-state index is 0.609. The van der Waals surface area contributed by atoms with Crippen molar-refractivity contribution < 1.29 is 0 Å². The second-order valence-electron chi connectivity index (χ2n) is 3.99. The predicted molar refractivity (Wildman–Crippen MR) is 65.7 cm³/mol. The quantitative estimate of drug-likeness (QED) is 0.831. The number of nitrogens with one attached hydrogen (secondary N) is 1. The lowest BCUT2D eigenvalue weighted by Gasteiger charge is -2.35. The van der Waals surface area contributed by atoms with E-state index >= 15 is 0 Å². The van der Waals surface area contributed by atoms with Gasteiger partial charge in [0.2, 0.25) is 0 Å². The van der Waals surface area contributed by atoms with E-state index in [9.17, 15) is 0 Å². The Kier molecular flexibility index (Phi) is 3.49. The Labute approximate surface area is 96.2 Å². The summed E-state index contributed by atoms with van der Waals surface area (Å²) in [4.78, 5) is 2.40. The Balaban J connectivity index is 2.09. The highest BCUT2D eigenvalue weighted by Gasteiger charge is 2.17. The fourth-order valence-electron chi connectivity index (χ4n) is 2.01. The van der Waals surface area contributed by atoms with Crippen LogP contribution in [0.15, 0.2) is 24.3 Å². The average molecular weight is 225 g/mol. The molecule has 15 heavy (non-hydrogen) atoms. The monoisotopic (exact) mass is 224 g/mol. The molecule has 1 aliphatic rings. The Morgan fingerprint density at radius 1 is 1.53 bits per heavy atom. The summed E-state index contributed by atoms with van der Waals surface area (Å²) in [5.41, 5.74) is 1.24.